The molecular weight excluding hydrogens is 160 g/mol. The van der Waals surface area contributed by atoms with Gasteiger partial charge in [0.25, 0.3) is 0 Å². The van der Waals surface area contributed by atoms with Crippen LogP contribution in [0.1, 0.15) is 33.1 Å². The molecule has 2 rings (SSSR count). The fourth-order valence-corrected chi connectivity index (χ4v) is 2.67. The quantitative estimate of drug-likeness (QED) is 0.711. The molecule has 2 atom stereocenters. The third kappa shape index (κ3) is 1.89. The van der Waals surface area contributed by atoms with E-state index in [9.17, 15) is 0 Å². The Hall–Kier alpha value is -0.0800. The van der Waals surface area contributed by atoms with Crippen LogP contribution in [0.4, 0.5) is 0 Å². The molecule has 2 unspecified atom stereocenters. The molecule has 1 N–H and O–H groups in total. The summed E-state index contributed by atoms with van der Waals surface area (Å²) in [6.07, 6.45) is 4.18. The first-order chi connectivity index (χ1) is 6.31. The van der Waals surface area contributed by atoms with E-state index >= 15 is 0 Å². The summed E-state index contributed by atoms with van der Waals surface area (Å²) in [5.74, 6) is 0.939. The normalized spacial score (nSPS) is 36.5. The first-order valence-electron chi connectivity index (χ1n) is 5.77. The van der Waals surface area contributed by atoms with Gasteiger partial charge in [-0.3, -0.25) is 4.90 Å². The SMILES string of the molecule is CCC1CCC(C)N1CC1CNC1. The van der Waals surface area contributed by atoms with E-state index in [4.69, 9.17) is 0 Å². The molecular formula is C11H22N2. The highest BCUT2D eigenvalue weighted by Gasteiger charge is 2.32. The molecule has 2 aliphatic heterocycles. The van der Waals surface area contributed by atoms with Crippen LogP contribution in [0.15, 0.2) is 0 Å². The standard InChI is InChI=1S/C11H22N2/c1-3-11-5-4-9(2)13(11)8-10-6-12-7-10/h9-12H,3-8H2,1-2H3. The molecule has 13 heavy (non-hydrogen) atoms. The predicted molar refractivity (Wildman–Crippen MR) is 55.8 cm³/mol. The van der Waals surface area contributed by atoms with Gasteiger partial charge in [0.05, 0.1) is 0 Å². The Morgan fingerprint density at radius 1 is 1.31 bits per heavy atom. The highest BCUT2D eigenvalue weighted by atomic mass is 15.2. The minimum Gasteiger partial charge on any atom is -0.316 e. The highest BCUT2D eigenvalue weighted by molar-refractivity contribution is 4.88. The first-order valence-corrected chi connectivity index (χ1v) is 5.77. The smallest absolute Gasteiger partial charge is 0.00961 e. The van der Waals surface area contributed by atoms with Crippen LogP contribution in [0, 0.1) is 5.92 Å². The molecule has 0 radical (unpaired) electrons. The van der Waals surface area contributed by atoms with Crippen LogP contribution in [-0.4, -0.2) is 36.6 Å². The van der Waals surface area contributed by atoms with Crippen LogP contribution in [-0.2, 0) is 0 Å². The average molecular weight is 182 g/mol. The molecule has 0 aromatic carbocycles. The lowest BCUT2D eigenvalue weighted by Crippen LogP contribution is -2.50. The van der Waals surface area contributed by atoms with Crippen molar-refractivity contribution in [2.45, 2.75) is 45.2 Å². The summed E-state index contributed by atoms with van der Waals surface area (Å²) in [5, 5.41) is 3.36. The summed E-state index contributed by atoms with van der Waals surface area (Å²) < 4.78 is 0. The van der Waals surface area contributed by atoms with Crippen LogP contribution in [0.3, 0.4) is 0 Å². The molecule has 2 heteroatoms. The van der Waals surface area contributed by atoms with Crippen molar-refractivity contribution in [3.63, 3.8) is 0 Å². The second kappa shape index (κ2) is 3.97. The maximum absolute atomic E-state index is 3.36. The van der Waals surface area contributed by atoms with Crippen molar-refractivity contribution in [1.29, 1.82) is 0 Å². The highest BCUT2D eigenvalue weighted by Crippen LogP contribution is 2.27. The molecule has 2 fully saturated rings. The summed E-state index contributed by atoms with van der Waals surface area (Å²) >= 11 is 0. The van der Waals surface area contributed by atoms with Gasteiger partial charge in [-0.05, 0) is 32.1 Å². The monoisotopic (exact) mass is 182 g/mol. The summed E-state index contributed by atoms with van der Waals surface area (Å²) in [5.41, 5.74) is 0. The second-order valence-electron chi connectivity index (χ2n) is 4.71. The maximum Gasteiger partial charge on any atom is 0.00961 e. The van der Waals surface area contributed by atoms with Gasteiger partial charge in [0.15, 0.2) is 0 Å². The summed E-state index contributed by atoms with van der Waals surface area (Å²) in [6.45, 7) is 8.56. The summed E-state index contributed by atoms with van der Waals surface area (Å²) in [7, 11) is 0. The number of nitrogens with zero attached hydrogens (tertiary/aromatic N) is 1. The zero-order valence-corrected chi connectivity index (χ0v) is 8.92. The summed E-state index contributed by atoms with van der Waals surface area (Å²) in [6, 6.07) is 1.72. The fraction of sp³-hybridized carbons (Fsp3) is 1.00. The average Bonchev–Trinajstić information content (AvgIpc) is 2.39. The Kier molecular flexibility index (Phi) is 2.89. The number of hydrogen-bond acceptors (Lipinski definition) is 2. The lowest BCUT2D eigenvalue weighted by atomic mass is 10.0. The third-order valence-electron chi connectivity index (χ3n) is 3.76. The lowest BCUT2D eigenvalue weighted by molar-refractivity contribution is 0.143. The molecule has 0 spiro atoms. The van der Waals surface area contributed by atoms with Gasteiger partial charge >= 0.3 is 0 Å². The van der Waals surface area contributed by atoms with Crippen molar-refractivity contribution in [3.05, 3.63) is 0 Å². The Labute approximate surface area is 81.7 Å². The minimum atomic E-state index is 0.838. The van der Waals surface area contributed by atoms with Crippen LogP contribution in [0.2, 0.25) is 0 Å². The second-order valence-corrected chi connectivity index (χ2v) is 4.71. The van der Waals surface area contributed by atoms with E-state index in [2.05, 4.69) is 24.1 Å². The molecule has 2 aliphatic rings. The van der Waals surface area contributed by atoms with Gasteiger partial charge in [0, 0.05) is 31.7 Å². The van der Waals surface area contributed by atoms with Crippen molar-refractivity contribution in [3.8, 4) is 0 Å². The molecule has 76 valence electrons. The van der Waals surface area contributed by atoms with Crippen LogP contribution in [0.25, 0.3) is 0 Å². The predicted octanol–water partition coefficient (Wildman–Crippen LogP) is 1.47. The molecule has 0 bridgehead atoms. The van der Waals surface area contributed by atoms with Crippen LogP contribution < -0.4 is 5.32 Å². The number of nitrogens with one attached hydrogen (secondary N) is 1. The largest absolute Gasteiger partial charge is 0.316 e. The van der Waals surface area contributed by atoms with Gasteiger partial charge in [-0.25, -0.2) is 0 Å². The minimum absolute atomic E-state index is 0.838. The third-order valence-corrected chi connectivity index (χ3v) is 3.76. The molecule has 0 saturated carbocycles. The Balaban J connectivity index is 1.86. The molecule has 2 saturated heterocycles. The van der Waals surface area contributed by atoms with Crippen LogP contribution >= 0.6 is 0 Å². The van der Waals surface area contributed by atoms with E-state index in [1.165, 1.54) is 38.9 Å². The molecule has 2 heterocycles. The van der Waals surface area contributed by atoms with Crippen molar-refractivity contribution < 1.29 is 0 Å². The zero-order chi connectivity index (χ0) is 9.26. The van der Waals surface area contributed by atoms with Gasteiger partial charge in [-0.1, -0.05) is 6.92 Å². The Morgan fingerprint density at radius 3 is 2.62 bits per heavy atom. The Morgan fingerprint density at radius 2 is 2.08 bits per heavy atom. The molecule has 0 aliphatic carbocycles. The van der Waals surface area contributed by atoms with E-state index in [1.807, 2.05) is 0 Å². The van der Waals surface area contributed by atoms with E-state index in [0.29, 0.717) is 0 Å². The van der Waals surface area contributed by atoms with Crippen molar-refractivity contribution in [2.75, 3.05) is 19.6 Å². The molecule has 0 amide bonds. The zero-order valence-electron chi connectivity index (χ0n) is 8.92. The Bertz CT molecular complexity index is 165. The molecule has 2 nitrogen and oxygen atoms in total. The molecule has 0 aromatic rings. The van der Waals surface area contributed by atoms with E-state index < -0.39 is 0 Å². The van der Waals surface area contributed by atoms with Gasteiger partial charge in [0.2, 0.25) is 0 Å². The molecule has 0 aromatic heterocycles. The van der Waals surface area contributed by atoms with Gasteiger partial charge in [-0.15, -0.1) is 0 Å². The van der Waals surface area contributed by atoms with Crippen molar-refractivity contribution >= 4 is 0 Å². The van der Waals surface area contributed by atoms with Gasteiger partial charge < -0.3 is 5.32 Å². The number of hydrogen-bond donors (Lipinski definition) is 1. The van der Waals surface area contributed by atoms with Crippen LogP contribution in [0.5, 0.6) is 0 Å². The number of likely N-dealkylation sites (tertiary alicyclic amines) is 1. The first kappa shape index (κ1) is 9.47. The topological polar surface area (TPSA) is 15.3 Å². The van der Waals surface area contributed by atoms with E-state index in [0.717, 1.165) is 18.0 Å². The lowest BCUT2D eigenvalue weighted by Gasteiger charge is -2.36. The van der Waals surface area contributed by atoms with Gasteiger partial charge in [0.1, 0.15) is 0 Å². The fourth-order valence-electron chi connectivity index (χ4n) is 2.67. The summed E-state index contributed by atoms with van der Waals surface area (Å²) in [4.78, 5) is 2.74. The van der Waals surface area contributed by atoms with E-state index in [-0.39, 0.29) is 0 Å². The number of rotatable bonds is 3. The maximum atomic E-state index is 3.36. The van der Waals surface area contributed by atoms with Gasteiger partial charge in [-0.2, -0.15) is 0 Å². The van der Waals surface area contributed by atoms with Crippen molar-refractivity contribution in [1.82, 2.24) is 10.2 Å². The van der Waals surface area contributed by atoms with Crippen molar-refractivity contribution in [2.24, 2.45) is 5.92 Å². The van der Waals surface area contributed by atoms with E-state index in [1.54, 1.807) is 0 Å².